The highest BCUT2D eigenvalue weighted by Gasteiger charge is 2.33. The van der Waals surface area contributed by atoms with Crippen molar-refractivity contribution in [2.45, 2.75) is 51.2 Å². The van der Waals surface area contributed by atoms with Crippen molar-refractivity contribution in [2.75, 3.05) is 0 Å². The molecule has 1 aliphatic carbocycles. The van der Waals surface area contributed by atoms with Crippen LogP contribution in [0.3, 0.4) is 0 Å². The standard InChI is InChI=1S/C10H16O4/c1-10(2,13-7-11)9(12)14-8-5-3-4-6-8/h7-8H,3-6H2,1-2H3. The summed E-state index contributed by atoms with van der Waals surface area (Å²) in [5.74, 6) is -0.462. The van der Waals surface area contributed by atoms with Crippen LogP contribution in [0.1, 0.15) is 39.5 Å². The van der Waals surface area contributed by atoms with Gasteiger partial charge in [-0.1, -0.05) is 0 Å². The van der Waals surface area contributed by atoms with Crippen molar-refractivity contribution in [1.82, 2.24) is 0 Å². The average Bonchev–Trinajstić information content (AvgIpc) is 2.56. The van der Waals surface area contributed by atoms with Crippen LogP contribution in [-0.4, -0.2) is 24.1 Å². The lowest BCUT2D eigenvalue weighted by Crippen LogP contribution is -2.38. The Balaban J connectivity index is 2.43. The van der Waals surface area contributed by atoms with Crippen LogP contribution in [0.4, 0.5) is 0 Å². The van der Waals surface area contributed by atoms with E-state index in [1.165, 1.54) is 13.8 Å². The van der Waals surface area contributed by atoms with E-state index >= 15 is 0 Å². The van der Waals surface area contributed by atoms with Crippen molar-refractivity contribution < 1.29 is 19.1 Å². The molecule has 1 rings (SSSR count). The zero-order valence-corrected chi connectivity index (χ0v) is 8.62. The lowest BCUT2D eigenvalue weighted by molar-refractivity contribution is -0.175. The van der Waals surface area contributed by atoms with Gasteiger partial charge in [-0.3, -0.25) is 4.79 Å². The van der Waals surface area contributed by atoms with Gasteiger partial charge in [0.2, 0.25) is 5.60 Å². The van der Waals surface area contributed by atoms with Gasteiger partial charge in [-0.15, -0.1) is 0 Å². The molecule has 80 valence electrons. The van der Waals surface area contributed by atoms with Gasteiger partial charge in [-0.05, 0) is 39.5 Å². The molecule has 0 radical (unpaired) electrons. The second-order valence-electron chi connectivity index (χ2n) is 4.04. The van der Waals surface area contributed by atoms with Crippen LogP contribution in [-0.2, 0) is 19.1 Å². The topological polar surface area (TPSA) is 52.6 Å². The van der Waals surface area contributed by atoms with E-state index in [0.717, 1.165) is 25.7 Å². The fraction of sp³-hybridized carbons (Fsp3) is 0.800. The molecule has 1 fully saturated rings. The lowest BCUT2D eigenvalue weighted by Gasteiger charge is -2.22. The minimum atomic E-state index is -1.16. The molecule has 0 aromatic rings. The summed E-state index contributed by atoms with van der Waals surface area (Å²) in [5.41, 5.74) is -1.16. The normalized spacial score (nSPS) is 17.9. The molecule has 0 bridgehead atoms. The predicted octanol–water partition coefficient (Wildman–Crippen LogP) is 1.42. The maximum atomic E-state index is 11.5. The summed E-state index contributed by atoms with van der Waals surface area (Å²) >= 11 is 0. The van der Waals surface area contributed by atoms with Crippen molar-refractivity contribution in [1.29, 1.82) is 0 Å². The summed E-state index contributed by atoms with van der Waals surface area (Å²) < 4.78 is 9.85. The number of ether oxygens (including phenoxy) is 2. The first-order valence-electron chi connectivity index (χ1n) is 4.89. The summed E-state index contributed by atoms with van der Waals surface area (Å²) in [7, 11) is 0. The first-order chi connectivity index (χ1) is 6.56. The Morgan fingerprint density at radius 3 is 2.43 bits per heavy atom. The van der Waals surface area contributed by atoms with Crippen molar-refractivity contribution in [3.63, 3.8) is 0 Å². The van der Waals surface area contributed by atoms with Crippen LogP contribution in [0.15, 0.2) is 0 Å². The van der Waals surface area contributed by atoms with Crippen LogP contribution in [0.25, 0.3) is 0 Å². The maximum Gasteiger partial charge on any atom is 0.350 e. The van der Waals surface area contributed by atoms with Gasteiger partial charge in [0.25, 0.3) is 6.47 Å². The maximum absolute atomic E-state index is 11.5. The molecule has 0 atom stereocenters. The molecule has 0 unspecified atom stereocenters. The van der Waals surface area contributed by atoms with E-state index in [1.54, 1.807) is 0 Å². The zero-order valence-electron chi connectivity index (χ0n) is 8.62. The molecule has 1 saturated carbocycles. The van der Waals surface area contributed by atoms with Gasteiger partial charge in [0.05, 0.1) is 0 Å². The van der Waals surface area contributed by atoms with Gasteiger partial charge in [-0.2, -0.15) is 0 Å². The first kappa shape index (κ1) is 11.0. The molecule has 4 heteroatoms. The molecule has 1 aliphatic rings. The number of rotatable bonds is 4. The van der Waals surface area contributed by atoms with Gasteiger partial charge in [0, 0.05) is 0 Å². The molecule has 0 saturated heterocycles. The third kappa shape index (κ3) is 2.72. The molecular formula is C10H16O4. The Morgan fingerprint density at radius 2 is 1.93 bits per heavy atom. The lowest BCUT2D eigenvalue weighted by atomic mass is 10.1. The highest BCUT2D eigenvalue weighted by molar-refractivity contribution is 5.79. The smallest absolute Gasteiger partial charge is 0.350 e. The van der Waals surface area contributed by atoms with Gasteiger partial charge in [0.15, 0.2) is 0 Å². The van der Waals surface area contributed by atoms with Gasteiger partial charge >= 0.3 is 5.97 Å². The molecule has 14 heavy (non-hydrogen) atoms. The van der Waals surface area contributed by atoms with Crippen LogP contribution >= 0.6 is 0 Å². The summed E-state index contributed by atoms with van der Waals surface area (Å²) in [4.78, 5) is 21.6. The third-order valence-electron chi connectivity index (χ3n) is 2.41. The fourth-order valence-electron chi connectivity index (χ4n) is 1.47. The molecule has 0 amide bonds. The molecule has 4 nitrogen and oxygen atoms in total. The van der Waals surface area contributed by atoms with E-state index in [2.05, 4.69) is 4.74 Å². The monoisotopic (exact) mass is 200 g/mol. The second-order valence-corrected chi connectivity index (χ2v) is 4.04. The highest BCUT2D eigenvalue weighted by Crippen LogP contribution is 2.23. The van der Waals surface area contributed by atoms with Crippen molar-refractivity contribution in [2.24, 2.45) is 0 Å². The zero-order chi connectivity index (χ0) is 10.6. The Morgan fingerprint density at radius 1 is 1.36 bits per heavy atom. The van der Waals surface area contributed by atoms with Gasteiger partial charge in [-0.25, -0.2) is 4.79 Å². The minimum Gasteiger partial charge on any atom is -0.459 e. The number of carbonyl (C=O) groups excluding carboxylic acids is 2. The van der Waals surface area contributed by atoms with E-state index in [4.69, 9.17) is 4.74 Å². The molecule has 0 aromatic heterocycles. The number of carbonyl (C=O) groups is 2. The Labute approximate surface area is 83.6 Å². The Kier molecular flexibility index (Phi) is 3.49. The molecule has 0 aliphatic heterocycles. The predicted molar refractivity (Wildman–Crippen MR) is 49.6 cm³/mol. The summed E-state index contributed by atoms with van der Waals surface area (Å²) in [6.07, 6.45) is 4.06. The molecular weight excluding hydrogens is 184 g/mol. The fourth-order valence-corrected chi connectivity index (χ4v) is 1.47. The minimum absolute atomic E-state index is 0.0111. The highest BCUT2D eigenvalue weighted by atomic mass is 16.6. The van der Waals surface area contributed by atoms with Crippen LogP contribution < -0.4 is 0 Å². The summed E-state index contributed by atoms with van der Waals surface area (Å²) in [6, 6.07) is 0. The Bertz CT molecular complexity index is 216. The summed E-state index contributed by atoms with van der Waals surface area (Å²) in [5, 5.41) is 0. The SMILES string of the molecule is CC(C)(OC=O)C(=O)OC1CCCC1. The van der Waals surface area contributed by atoms with E-state index in [-0.39, 0.29) is 12.6 Å². The molecule has 0 spiro atoms. The largest absolute Gasteiger partial charge is 0.459 e. The second kappa shape index (κ2) is 4.44. The van der Waals surface area contributed by atoms with Crippen LogP contribution in [0.2, 0.25) is 0 Å². The molecule has 0 N–H and O–H groups in total. The Hall–Kier alpha value is -1.06. The van der Waals surface area contributed by atoms with E-state index in [9.17, 15) is 9.59 Å². The van der Waals surface area contributed by atoms with Crippen molar-refractivity contribution in [3.8, 4) is 0 Å². The van der Waals surface area contributed by atoms with Gasteiger partial charge in [0.1, 0.15) is 6.10 Å². The number of hydrogen-bond donors (Lipinski definition) is 0. The molecule has 0 aromatic carbocycles. The number of hydrogen-bond acceptors (Lipinski definition) is 4. The third-order valence-corrected chi connectivity index (χ3v) is 2.41. The van der Waals surface area contributed by atoms with E-state index < -0.39 is 11.6 Å². The first-order valence-corrected chi connectivity index (χ1v) is 4.89. The van der Waals surface area contributed by atoms with E-state index in [1.807, 2.05) is 0 Å². The van der Waals surface area contributed by atoms with E-state index in [0.29, 0.717) is 0 Å². The quantitative estimate of drug-likeness (QED) is 0.508. The van der Waals surface area contributed by atoms with Crippen molar-refractivity contribution >= 4 is 12.4 Å². The summed E-state index contributed by atoms with van der Waals surface area (Å²) in [6.45, 7) is 3.33. The van der Waals surface area contributed by atoms with Crippen LogP contribution in [0.5, 0.6) is 0 Å². The van der Waals surface area contributed by atoms with Gasteiger partial charge < -0.3 is 9.47 Å². The number of esters is 1. The van der Waals surface area contributed by atoms with Crippen LogP contribution in [0, 0.1) is 0 Å². The molecule has 0 heterocycles. The average molecular weight is 200 g/mol. The van der Waals surface area contributed by atoms with Crippen molar-refractivity contribution in [3.05, 3.63) is 0 Å².